The second kappa shape index (κ2) is 8.06. The molecular weight excluding hydrogens is 454 g/mol. The Morgan fingerprint density at radius 2 is 1.84 bits per heavy atom. The molecule has 1 amide bonds. The second-order valence-corrected chi connectivity index (χ2v) is 7.37. The van der Waals surface area contributed by atoms with Crippen molar-refractivity contribution in [3.8, 4) is 11.4 Å². The van der Waals surface area contributed by atoms with Crippen molar-refractivity contribution in [2.75, 3.05) is 11.4 Å². The number of carbonyl (C=O) groups is 1. The molecule has 0 fully saturated rings. The number of rotatable bonds is 4. The first-order valence-corrected chi connectivity index (χ1v) is 9.82. The average molecular weight is 470 g/mol. The van der Waals surface area contributed by atoms with Crippen molar-refractivity contribution >= 4 is 23.3 Å². The van der Waals surface area contributed by atoms with Gasteiger partial charge in [0.15, 0.2) is 17.2 Å². The number of nitrogens with zero attached hydrogens (tertiary/aromatic N) is 4. The van der Waals surface area contributed by atoms with Crippen LogP contribution in [0, 0.1) is 5.82 Å². The number of anilines is 1. The number of benzene rings is 1. The van der Waals surface area contributed by atoms with Gasteiger partial charge in [0.2, 0.25) is 6.35 Å². The molecule has 32 heavy (non-hydrogen) atoms. The number of pyridine rings is 1. The van der Waals surface area contributed by atoms with Crippen LogP contribution in [0.15, 0.2) is 36.4 Å². The fraction of sp³-hybridized carbons (Fsp3) is 0.250. The Morgan fingerprint density at radius 3 is 2.47 bits per heavy atom. The van der Waals surface area contributed by atoms with Gasteiger partial charge in [-0.25, -0.2) is 14.4 Å². The number of hydrogen-bond donors (Lipinski definition) is 2. The largest absolute Gasteiger partial charge is 0.434 e. The minimum atomic E-state index is -4.85. The Morgan fingerprint density at radius 1 is 1.16 bits per heavy atom. The molecule has 0 saturated heterocycles. The maximum Gasteiger partial charge on any atom is 0.434 e. The summed E-state index contributed by atoms with van der Waals surface area (Å²) in [6.07, 6.45) is -6.24. The van der Waals surface area contributed by atoms with Crippen LogP contribution < -0.4 is 10.2 Å². The summed E-state index contributed by atoms with van der Waals surface area (Å²) >= 11 is 5.70. The molecule has 7 nitrogen and oxygen atoms in total. The number of aliphatic hydroxyl groups excluding tert-OH is 1. The molecule has 0 radical (unpaired) electrons. The van der Waals surface area contributed by atoms with Gasteiger partial charge in [0, 0.05) is 18.7 Å². The van der Waals surface area contributed by atoms with E-state index in [4.69, 9.17) is 11.6 Å². The maximum absolute atomic E-state index is 13.8. The molecule has 4 rings (SSSR count). The molecule has 2 aromatic heterocycles. The van der Waals surface area contributed by atoms with Crippen LogP contribution in [0.2, 0.25) is 5.15 Å². The van der Waals surface area contributed by atoms with Gasteiger partial charge >= 0.3 is 6.18 Å². The third-order valence-electron chi connectivity index (χ3n) is 4.96. The standard InChI is InChI=1S/C20H16ClF4N5O2/c1-2-29-17-14(18(31)28-19(29)32)30(9-10-3-5-11(22)6-4-10)16(27-17)12-7-8-13(21)26-15(12)20(23,24)25/h3-8,19,32H,2,9H2,1H3,(H,28,31). The lowest BCUT2D eigenvalue weighted by atomic mass is 10.1. The summed E-state index contributed by atoms with van der Waals surface area (Å²) in [5.41, 5.74) is -1.18. The molecule has 0 aliphatic carbocycles. The highest BCUT2D eigenvalue weighted by atomic mass is 35.5. The zero-order valence-corrected chi connectivity index (χ0v) is 17.2. The number of aromatic nitrogens is 3. The monoisotopic (exact) mass is 469 g/mol. The average Bonchev–Trinajstić information content (AvgIpc) is 3.08. The first kappa shape index (κ1) is 22.0. The summed E-state index contributed by atoms with van der Waals surface area (Å²) in [6.45, 7) is 1.82. The van der Waals surface area contributed by atoms with Crippen molar-refractivity contribution in [1.29, 1.82) is 0 Å². The number of alkyl halides is 3. The Balaban J connectivity index is 1.98. The summed E-state index contributed by atoms with van der Waals surface area (Å²) in [6, 6.07) is 7.61. The topological polar surface area (TPSA) is 83.3 Å². The molecule has 1 aliphatic heterocycles. The summed E-state index contributed by atoms with van der Waals surface area (Å²) in [4.78, 5) is 21.8. The number of halogens is 5. The molecule has 12 heteroatoms. The van der Waals surface area contributed by atoms with E-state index in [0.717, 1.165) is 6.07 Å². The minimum Gasteiger partial charge on any atom is -0.356 e. The zero-order valence-electron chi connectivity index (χ0n) is 16.5. The Hall–Kier alpha value is -3.18. The van der Waals surface area contributed by atoms with Gasteiger partial charge in [-0.1, -0.05) is 23.7 Å². The van der Waals surface area contributed by atoms with Crippen molar-refractivity contribution in [1.82, 2.24) is 19.9 Å². The number of fused-ring (bicyclic) bond motifs is 1. The van der Waals surface area contributed by atoms with Crippen LogP contribution >= 0.6 is 11.6 Å². The number of aliphatic hydroxyl groups is 1. The summed E-state index contributed by atoms with van der Waals surface area (Å²) in [7, 11) is 0. The van der Waals surface area contributed by atoms with Gasteiger partial charge in [0.05, 0.1) is 0 Å². The van der Waals surface area contributed by atoms with Crippen LogP contribution in [0.3, 0.4) is 0 Å². The van der Waals surface area contributed by atoms with E-state index < -0.39 is 35.5 Å². The van der Waals surface area contributed by atoms with Crippen LogP contribution in [-0.2, 0) is 12.7 Å². The van der Waals surface area contributed by atoms with Gasteiger partial charge in [-0.15, -0.1) is 0 Å². The maximum atomic E-state index is 13.8. The van der Waals surface area contributed by atoms with Gasteiger partial charge in [-0.3, -0.25) is 4.79 Å². The van der Waals surface area contributed by atoms with E-state index in [0.29, 0.717) is 5.56 Å². The van der Waals surface area contributed by atoms with Gasteiger partial charge in [-0.05, 0) is 36.8 Å². The molecule has 3 heterocycles. The van der Waals surface area contributed by atoms with Crippen LogP contribution in [0.4, 0.5) is 23.4 Å². The highest BCUT2D eigenvalue weighted by molar-refractivity contribution is 6.29. The Kier molecular flexibility index (Phi) is 5.55. The lowest BCUT2D eigenvalue weighted by Gasteiger charge is -2.32. The Labute approximate surface area is 184 Å². The van der Waals surface area contributed by atoms with E-state index in [2.05, 4.69) is 15.3 Å². The lowest BCUT2D eigenvalue weighted by molar-refractivity contribution is -0.140. The number of hydrogen-bond acceptors (Lipinski definition) is 5. The summed E-state index contributed by atoms with van der Waals surface area (Å²) in [5.74, 6) is -1.38. The fourth-order valence-corrected chi connectivity index (χ4v) is 3.68. The molecule has 0 saturated carbocycles. The van der Waals surface area contributed by atoms with Crippen molar-refractivity contribution in [3.05, 3.63) is 64.3 Å². The third kappa shape index (κ3) is 3.89. The Bertz CT molecular complexity index is 1180. The predicted molar refractivity (Wildman–Crippen MR) is 107 cm³/mol. The van der Waals surface area contributed by atoms with E-state index in [1.165, 1.54) is 39.8 Å². The molecule has 1 atom stereocenters. The van der Waals surface area contributed by atoms with Crippen LogP contribution in [0.1, 0.15) is 28.7 Å². The zero-order chi connectivity index (χ0) is 23.2. The van der Waals surface area contributed by atoms with Gasteiger partial charge in [0.1, 0.15) is 16.8 Å². The van der Waals surface area contributed by atoms with Gasteiger partial charge in [-0.2, -0.15) is 13.2 Å². The highest BCUT2D eigenvalue weighted by Crippen LogP contribution is 2.39. The molecule has 3 aromatic rings. The molecular formula is C20H16ClF4N5O2. The van der Waals surface area contributed by atoms with Crippen LogP contribution in [0.5, 0.6) is 0 Å². The number of imidazole rings is 1. The minimum absolute atomic E-state index is 0.0175. The van der Waals surface area contributed by atoms with E-state index in [1.54, 1.807) is 6.92 Å². The second-order valence-electron chi connectivity index (χ2n) is 6.98. The quantitative estimate of drug-likeness (QED) is 0.450. The highest BCUT2D eigenvalue weighted by Gasteiger charge is 2.40. The van der Waals surface area contributed by atoms with E-state index >= 15 is 0 Å². The number of amides is 1. The SMILES string of the molecule is CCN1c2nc(-c3ccc(Cl)nc3C(F)(F)F)n(Cc3ccc(F)cc3)c2C(=O)NC1O. The van der Waals surface area contributed by atoms with Gasteiger partial charge in [0.25, 0.3) is 5.91 Å². The predicted octanol–water partition coefficient (Wildman–Crippen LogP) is 3.65. The molecule has 2 N–H and O–H groups in total. The van der Waals surface area contributed by atoms with Crippen LogP contribution in [-0.4, -0.2) is 38.4 Å². The molecule has 168 valence electrons. The number of carbonyl (C=O) groups excluding carboxylic acids is 1. The third-order valence-corrected chi connectivity index (χ3v) is 5.17. The van der Waals surface area contributed by atoms with Gasteiger partial charge < -0.3 is 19.9 Å². The normalized spacial score (nSPS) is 16.2. The van der Waals surface area contributed by atoms with E-state index in [9.17, 15) is 27.5 Å². The van der Waals surface area contributed by atoms with E-state index in [1.807, 2.05) is 0 Å². The van der Waals surface area contributed by atoms with Crippen molar-refractivity contribution < 1.29 is 27.5 Å². The van der Waals surface area contributed by atoms with Crippen molar-refractivity contribution in [2.45, 2.75) is 26.0 Å². The molecule has 0 bridgehead atoms. The molecule has 0 spiro atoms. The van der Waals surface area contributed by atoms with Crippen molar-refractivity contribution in [3.63, 3.8) is 0 Å². The fourth-order valence-electron chi connectivity index (χ4n) is 3.53. The summed E-state index contributed by atoms with van der Waals surface area (Å²) < 4.78 is 55.9. The van der Waals surface area contributed by atoms with Crippen LogP contribution in [0.25, 0.3) is 11.4 Å². The number of nitrogens with one attached hydrogen (secondary N) is 1. The first-order chi connectivity index (χ1) is 15.1. The first-order valence-electron chi connectivity index (χ1n) is 9.44. The lowest BCUT2D eigenvalue weighted by Crippen LogP contribution is -2.53. The smallest absolute Gasteiger partial charge is 0.356 e. The molecule has 1 aromatic carbocycles. The summed E-state index contributed by atoms with van der Waals surface area (Å²) in [5, 5.41) is 12.2. The van der Waals surface area contributed by atoms with Crippen molar-refractivity contribution in [2.24, 2.45) is 0 Å². The molecule has 1 aliphatic rings. The molecule has 1 unspecified atom stereocenters. The van der Waals surface area contributed by atoms with E-state index in [-0.39, 0.29) is 35.6 Å².